The van der Waals surface area contributed by atoms with Crippen molar-refractivity contribution >= 4 is 11.9 Å². The Labute approximate surface area is 80.1 Å². The number of rotatable bonds is 4. The van der Waals surface area contributed by atoms with Crippen LogP contribution in [0.15, 0.2) is 17.0 Å². The number of aromatic nitrogens is 1. The molecule has 0 spiro atoms. The molecular formula is C8H10N2O4. The van der Waals surface area contributed by atoms with E-state index in [1.165, 1.54) is 18.1 Å². The van der Waals surface area contributed by atoms with Crippen molar-refractivity contribution in [3.8, 4) is 0 Å². The summed E-state index contributed by atoms with van der Waals surface area (Å²) < 4.78 is 4.77. The van der Waals surface area contributed by atoms with E-state index in [-0.39, 0.29) is 24.6 Å². The van der Waals surface area contributed by atoms with E-state index >= 15 is 0 Å². The predicted octanol–water partition coefficient (Wildman–Crippen LogP) is 0.221. The first-order valence-electron chi connectivity index (χ1n) is 3.97. The molecule has 0 unspecified atom stereocenters. The number of nitrogens with zero attached hydrogens (tertiary/aromatic N) is 2. The minimum Gasteiger partial charge on any atom is -0.481 e. The van der Waals surface area contributed by atoms with Gasteiger partial charge in [-0.2, -0.15) is 0 Å². The van der Waals surface area contributed by atoms with Crippen LogP contribution in [0.3, 0.4) is 0 Å². The van der Waals surface area contributed by atoms with Gasteiger partial charge in [0, 0.05) is 13.6 Å². The van der Waals surface area contributed by atoms with Crippen molar-refractivity contribution in [2.45, 2.75) is 6.42 Å². The largest absolute Gasteiger partial charge is 0.481 e. The van der Waals surface area contributed by atoms with Crippen molar-refractivity contribution in [1.82, 2.24) is 9.88 Å². The number of hydrogen-bond donors (Lipinski definition) is 1. The fourth-order valence-corrected chi connectivity index (χ4v) is 0.874. The predicted molar refractivity (Wildman–Crippen MR) is 45.7 cm³/mol. The molecule has 76 valence electrons. The molecule has 0 saturated heterocycles. The minimum absolute atomic E-state index is 0.0869. The number of oxazole rings is 1. The normalized spacial score (nSPS) is 9.79. The molecule has 1 rings (SSSR count). The smallest absolute Gasteiger partial charge is 0.305 e. The Hall–Kier alpha value is -1.85. The van der Waals surface area contributed by atoms with Crippen LogP contribution in [0.4, 0.5) is 0 Å². The minimum atomic E-state index is -0.942. The van der Waals surface area contributed by atoms with Gasteiger partial charge >= 0.3 is 5.97 Å². The summed E-state index contributed by atoms with van der Waals surface area (Å²) in [6, 6.07) is 0. The number of amides is 1. The van der Waals surface area contributed by atoms with Crippen molar-refractivity contribution < 1.29 is 19.1 Å². The third-order valence-electron chi connectivity index (χ3n) is 1.65. The second-order valence-electron chi connectivity index (χ2n) is 2.74. The van der Waals surface area contributed by atoms with Crippen LogP contribution in [0.25, 0.3) is 0 Å². The number of carbonyl (C=O) groups is 2. The maximum absolute atomic E-state index is 11.4. The van der Waals surface area contributed by atoms with Gasteiger partial charge in [0.1, 0.15) is 0 Å². The lowest BCUT2D eigenvalue weighted by atomic mass is 10.3. The highest BCUT2D eigenvalue weighted by atomic mass is 16.4. The SMILES string of the molecule is CN(CCC(=O)O)C(=O)c1cnco1. The lowest BCUT2D eigenvalue weighted by Gasteiger charge is -2.13. The highest BCUT2D eigenvalue weighted by Gasteiger charge is 2.15. The van der Waals surface area contributed by atoms with Gasteiger partial charge < -0.3 is 14.4 Å². The number of aliphatic carboxylic acids is 1. The van der Waals surface area contributed by atoms with Gasteiger partial charge in [-0.3, -0.25) is 9.59 Å². The molecule has 0 aliphatic carbocycles. The lowest BCUT2D eigenvalue weighted by molar-refractivity contribution is -0.137. The van der Waals surface area contributed by atoms with Crippen molar-refractivity contribution in [1.29, 1.82) is 0 Å². The fourth-order valence-electron chi connectivity index (χ4n) is 0.874. The van der Waals surface area contributed by atoms with Crippen molar-refractivity contribution in [2.24, 2.45) is 0 Å². The van der Waals surface area contributed by atoms with Crippen LogP contribution >= 0.6 is 0 Å². The summed E-state index contributed by atoms with van der Waals surface area (Å²) in [4.78, 5) is 26.5. The molecule has 0 aromatic carbocycles. The van der Waals surface area contributed by atoms with E-state index in [0.717, 1.165) is 6.39 Å². The number of carbonyl (C=O) groups excluding carboxylic acids is 1. The molecule has 1 heterocycles. The van der Waals surface area contributed by atoms with Crippen LogP contribution in [0, 0.1) is 0 Å². The van der Waals surface area contributed by atoms with Gasteiger partial charge in [0.05, 0.1) is 12.6 Å². The van der Waals surface area contributed by atoms with E-state index in [1.54, 1.807) is 0 Å². The van der Waals surface area contributed by atoms with Gasteiger partial charge in [-0.05, 0) is 0 Å². The van der Waals surface area contributed by atoms with Crippen LogP contribution in [0.5, 0.6) is 0 Å². The zero-order chi connectivity index (χ0) is 10.6. The maximum Gasteiger partial charge on any atom is 0.305 e. The first kappa shape index (κ1) is 10.2. The molecule has 6 heteroatoms. The number of carboxylic acids is 1. The molecule has 0 aliphatic heterocycles. The molecule has 0 fully saturated rings. The third kappa shape index (κ3) is 2.58. The van der Waals surface area contributed by atoms with Gasteiger partial charge in [0.25, 0.3) is 5.91 Å². The first-order chi connectivity index (χ1) is 6.61. The Morgan fingerprint density at radius 2 is 2.36 bits per heavy atom. The lowest BCUT2D eigenvalue weighted by Crippen LogP contribution is -2.28. The van der Waals surface area contributed by atoms with E-state index in [0.29, 0.717) is 0 Å². The maximum atomic E-state index is 11.4. The monoisotopic (exact) mass is 198 g/mol. The molecule has 0 radical (unpaired) electrons. The summed E-state index contributed by atoms with van der Waals surface area (Å²) >= 11 is 0. The average molecular weight is 198 g/mol. The Morgan fingerprint density at radius 3 is 2.86 bits per heavy atom. The summed E-state index contributed by atoms with van der Waals surface area (Å²) in [5, 5.41) is 8.40. The Balaban J connectivity index is 2.49. The van der Waals surface area contributed by atoms with E-state index in [2.05, 4.69) is 4.98 Å². The summed E-state index contributed by atoms with van der Waals surface area (Å²) in [6.45, 7) is 0.148. The van der Waals surface area contributed by atoms with Crippen LogP contribution in [0.2, 0.25) is 0 Å². The molecule has 6 nitrogen and oxygen atoms in total. The topological polar surface area (TPSA) is 83.6 Å². The second-order valence-corrected chi connectivity index (χ2v) is 2.74. The van der Waals surface area contributed by atoms with Gasteiger partial charge in [-0.1, -0.05) is 0 Å². The zero-order valence-corrected chi connectivity index (χ0v) is 7.64. The second kappa shape index (κ2) is 4.40. The highest BCUT2D eigenvalue weighted by molar-refractivity contribution is 5.91. The van der Waals surface area contributed by atoms with E-state index < -0.39 is 5.97 Å². The van der Waals surface area contributed by atoms with E-state index in [4.69, 9.17) is 9.52 Å². The molecule has 1 amide bonds. The average Bonchev–Trinajstić information content (AvgIpc) is 2.65. The first-order valence-corrected chi connectivity index (χ1v) is 3.97. The van der Waals surface area contributed by atoms with E-state index in [1.807, 2.05) is 0 Å². The van der Waals surface area contributed by atoms with Crippen LogP contribution in [-0.2, 0) is 4.79 Å². The standard InChI is InChI=1S/C8H10N2O4/c1-10(3-2-7(11)12)8(13)6-4-9-5-14-6/h4-5H,2-3H2,1H3,(H,11,12). The molecule has 0 atom stereocenters. The van der Waals surface area contributed by atoms with Crippen molar-refractivity contribution in [2.75, 3.05) is 13.6 Å². The molecule has 1 N–H and O–H groups in total. The van der Waals surface area contributed by atoms with E-state index in [9.17, 15) is 9.59 Å². The summed E-state index contributed by atoms with van der Waals surface area (Å²) in [5.41, 5.74) is 0. The van der Waals surface area contributed by atoms with Gasteiger partial charge in [-0.25, -0.2) is 4.98 Å². The summed E-state index contributed by atoms with van der Waals surface area (Å²) in [7, 11) is 1.51. The van der Waals surface area contributed by atoms with Gasteiger partial charge in [0.15, 0.2) is 6.39 Å². The number of hydrogen-bond acceptors (Lipinski definition) is 4. The molecule has 0 saturated carbocycles. The molecule has 1 aromatic heterocycles. The van der Waals surface area contributed by atoms with Crippen LogP contribution in [0.1, 0.15) is 17.0 Å². The van der Waals surface area contributed by atoms with Gasteiger partial charge in [0.2, 0.25) is 5.76 Å². The number of carboxylic acid groups (broad SMARTS) is 1. The molecule has 14 heavy (non-hydrogen) atoms. The summed E-state index contributed by atoms with van der Waals surface area (Å²) in [5.74, 6) is -1.20. The third-order valence-corrected chi connectivity index (χ3v) is 1.65. The van der Waals surface area contributed by atoms with Crippen molar-refractivity contribution in [3.63, 3.8) is 0 Å². The molecule has 0 aliphatic rings. The molecule has 0 bridgehead atoms. The van der Waals surface area contributed by atoms with Gasteiger partial charge in [-0.15, -0.1) is 0 Å². The summed E-state index contributed by atoms with van der Waals surface area (Å²) in [6.07, 6.45) is 2.36. The fraction of sp³-hybridized carbons (Fsp3) is 0.375. The molecular weight excluding hydrogens is 188 g/mol. The Bertz CT molecular complexity index is 320. The van der Waals surface area contributed by atoms with Crippen LogP contribution < -0.4 is 0 Å². The quantitative estimate of drug-likeness (QED) is 0.748. The highest BCUT2D eigenvalue weighted by Crippen LogP contribution is 2.02. The Kier molecular flexibility index (Phi) is 3.22. The Morgan fingerprint density at radius 1 is 1.64 bits per heavy atom. The zero-order valence-electron chi connectivity index (χ0n) is 7.64. The van der Waals surface area contributed by atoms with Crippen LogP contribution in [-0.4, -0.2) is 40.5 Å². The van der Waals surface area contributed by atoms with Crippen molar-refractivity contribution in [3.05, 3.63) is 18.4 Å². The molecule has 1 aromatic rings.